The summed E-state index contributed by atoms with van der Waals surface area (Å²) in [5, 5.41) is 1.34. The first-order valence-corrected chi connectivity index (χ1v) is 5.65. The van der Waals surface area contributed by atoms with Crippen LogP contribution in [-0.2, 0) is 5.41 Å². The molecule has 0 bridgehead atoms. The summed E-state index contributed by atoms with van der Waals surface area (Å²) >= 11 is 0. The molecule has 2 aromatic rings. The molecule has 1 heteroatoms. The summed E-state index contributed by atoms with van der Waals surface area (Å²) in [7, 11) is 0. The van der Waals surface area contributed by atoms with E-state index in [1.807, 2.05) is 13.8 Å². The highest BCUT2D eigenvalue weighted by Crippen LogP contribution is 2.29. The molecule has 1 N–H and O–H groups in total. The molecule has 2 rings (SSSR count). The average Bonchev–Trinajstić information content (AvgIpc) is 2.63. The highest BCUT2D eigenvalue weighted by Gasteiger charge is 2.17. The number of benzene rings is 1. The third-order valence-electron chi connectivity index (χ3n) is 2.40. The fourth-order valence-corrected chi connectivity index (χ4v) is 1.69. The average molecular weight is 203 g/mol. The Hall–Kier alpha value is -1.24. The van der Waals surface area contributed by atoms with E-state index >= 15 is 0 Å². The van der Waals surface area contributed by atoms with Gasteiger partial charge in [0.15, 0.2) is 0 Å². The zero-order valence-corrected chi connectivity index (χ0v) is 10.4. The summed E-state index contributed by atoms with van der Waals surface area (Å²) in [4.78, 5) is 3.29. The van der Waals surface area contributed by atoms with Crippen molar-refractivity contribution in [2.75, 3.05) is 0 Å². The molecule has 0 saturated carbocycles. The second-order valence-corrected chi connectivity index (χ2v) is 4.50. The van der Waals surface area contributed by atoms with E-state index in [-0.39, 0.29) is 5.41 Å². The number of para-hydroxylation sites is 1. The maximum absolute atomic E-state index is 3.29. The summed E-state index contributed by atoms with van der Waals surface area (Å²) < 4.78 is 0. The summed E-state index contributed by atoms with van der Waals surface area (Å²) in [6.07, 6.45) is 2.12. The van der Waals surface area contributed by atoms with Crippen molar-refractivity contribution in [3.63, 3.8) is 0 Å². The Bertz CT molecular complexity index is 418. The fourth-order valence-electron chi connectivity index (χ4n) is 1.69. The SMILES string of the molecule is CC.CC(C)(C)c1c[nH]c2ccccc12. The molecule has 1 aromatic heterocycles. The van der Waals surface area contributed by atoms with E-state index in [0.29, 0.717) is 0 Å². The smallest absolute Gasteiger partial charge is 0.0456 e. The Morgan fingerprint density at radius 2 is 1.60 bits per heavy atom. The van der Waals surface area contributed by atoms with Crippen molar-refractivity contribution in [3.05, 3.63) is 36.0 Å². The fraction of sp³-hybridized carbons (Fsp3) is 0.429. The van der Waals surface area contributed by atoms with Crippen LogP contribution in [0.25, 0.3) is 10.9 Å². The van der Waals surface area contributed by atoms with Gasteiger partial charge in [-0.2, -0.15) is 0 Å². The lowest BCUT2D eigenvalue weighted by atomic mass is 9.87. The third-order valence-corrected chi connectivity index (χ3v) is 2.40. The van der Waals surface area contributed by atoms with Gasteiger partial charge < -0.3 is 4.98 Å². The van der Waals surface area contributed by atoms with Gasteiger partial charge in [0.05, 0.1) is 0 Å². The Morgan fingerprint density at radius 1 is 1.00 bits per heavy atom. The summed E-state index contributed by atoms with van der Waals surface area (Å²) in [6, 6.07) is 8.44. The zero-order valence-electron chi connectivity index (χ0n) is 10.4. The van der Waals surface area contributed by atoms with Crippen LogP contribution in [-0.4, -0.2) is 4.98 Å². The molecule has 0 radical (unpaired) electrons. The molecule has 0 aliphatic heterocycles. The Kier molecular flexibility index (Phi) is 3.57. The molecular weight excluding hydrogens is 182 g/mol. The molecular formula is C14H21N. The number of fused-ring (bicyclic) bond motifs is 1. The standard InChI is InChI=1S/C12H15N.C2H6/c1-12(2,3)10-8-13-11-7-5-4-6-9(10)11;1-2/h4-8,13H,1-3H3;1-2H3. The molecule has 0 amide bonds. The van der Waals surface area contributed by atoms with Crippen molar-refractivity contribution >= 4 is 10.9 Å². The molecule has 0 fully saturated rings. The quantitative estimate of drug-likeness (QED) is 0.649. The van der Waals surface area contributed by atoms with Crippen LogP contribution in [0.15, 0.2) is 30.5 Å². The van der Waals surface area contributed by atoms with E-state index < -0.39 is 0 Å². The van der Waals surface area contributed by atoms with Crippen LogP contribution in [0.5, 0.6) is 0 Å². The molecule has 1 aromatic carbocycles. The van der Waals surface area contributed by atoms with Crippen LogP contribution in [0.1, 0.15) is 40.2 Å². The lowest BCUT2D eigenvalue weighted by Crippen LogP contribution is -2.09. The molecule has 0 spiro atoms. The van der Waals surface area contributed by atoms with E-state index in [1.54, 1.807) is 0 Å². The van der Waals surface area contributed by atoms with Crippen LogP contribution < -0.4 is 0 Å². The maximum atomic E-state index is 3.29. The number of hydrogen-bond donors (Lipinski definition) is 1. The van der Waals surface area contributed by atoms with Crippen LogP contribution in [0.3, 0.4) is 0 Å². The number of rotatable bonds is 0. The van der Waals surface area contributed by atoms with Gasteiger partial charge in [-0.05, 0) is 17.0 Å². The van der Waals surface area contributed by atoms with Gasteiger partial charge in [0.1, 0.15) is 0 Å². The molecule has 15 heavy (non-hydrogen) atoms. The monoisotopic (exact) mass is 203 g/mol. The van der Waals surface area contributed by atoms with Crippen molar-refractivity contribution in [2.45, 2.75) is 40.0 Å². The molecule has 82 valence electrons. The maximum Gasteiger partial charge on any atom is 0.0456 e. The second-order valence-electron chi connectivity index (χ2n) is 4.50. The van der Waals surface area contributed by atoms with E-state index in [2.05, 4.69) is 56.2 Å². The first kappa shape index (κ1) is 11.8. The lowest BCUT2D eigenvalue weighted by molar-refractivity contribution is 0.596. The van der Waals surface area contributed by atoms with Crippen molar-refractivity contribution < 1.29 is 0 Å². The van der Waals surface area contributed by atoms with Crippen molar-refractivity contribution in [1.29, 1.82) is 0 Å². The number of hydrogen-bond acceptors (Lipinski definition) is 0. The van der Waals surface area contributed by atoms with Crippen molar-refractivity contribution in [3.8, 4) is 0 Å². The van der Waals surface area contributed by atoms with E-state index in [4.69, 9.17) is 0 Å². The third kappa shape index (κ3) is 2.41. The van der Waals surface area contributed by atoms with Gasteiger partial charge in [0, 0.05) is 17.1 Å². The first-order chi connectivity index (χ1) is 7.09. The molecule has 0 atom stereocenters. The van der Waals surface area contributed by atoms with Crippen LogP contribution in [0.4, 0.5) is 0 Å². The van der Waals surface area contributed by atoms with Gasteiger partial charge in [0.2, 0.25) is 0 Å². The summed E-state index contributed by atoms with van der Waals surface area (Å²) in [5.41, 5.74) is 2.84. The minimum absolute atomic E-state index is 0.222. The van der Waals surface area contributed by atoms with Gasteiger partial charge in [0.25, 0.3) is 0 Å². The molecule has 0 aliphatic carbocycles. The Labute approximate surface area is 92.5 Å². The van der Waals surface area contributed by atoms with E-state index in [1.165, 1.54) is 16.5 Å². The normalized spacial score (nSPS) is 11.0. The van der Waals surface area contributed by atoms with Gasteiger partial charge >= 0.3 is 0 Å². The molecule has 0 aliphatic rings. The lowest BCUT2D eigenvalue weighted by Gasteiger charge is -2.17. The van der Waals surface area contributed by atoms with Gasteiger partial charge in [-0.25, -0.2) is 0 Å². The van der Waals surface area contributed by atoms with Crippen molar-refractivity contribution in [2.24, 2.45) is 0 Å². The number of aromatic amines is 1. The minimum Gasteiger partial charge on any atom is -0.361 e. The number of nitrogens with one attached hydrogen (secondary N) is 1. The van der Waals surface area contributed by atoms with Gasteiger partial charge in [-0.15, -0.1) is 0 Å². The van der Waals surface area contributed by atoms with Crippen LogP contribution >= 0.6 is 0 Å². The number of H-pyrrole nitrogens is 1. The highest BCUT2D eigenvalue weighted by molar-refractivity contribution is 5.84. The second kappa shape index (κ2) is 4.52. The van der Waals surface area contributed by atoms with Crippen LogP contribution in [0.2, 0.25) is 0 Å². The summed E-state index contributed by atoms with van der Waals surface area (Å²) in [5.74, 6) is 0. The van der Waals surface area contributed by atoms with E-state index in [0.717, 1.165) is 0 Å². The highest BCUT2D eigenvalue weighted by atomic mass is 14.7. The molecule has 0 unspecified atom stereocenters. The number of aromatic nitrogens is 1. The molecule has 1 heterocycles. The van der Waals surface area contributed by atoms with E-state index in [9.17, 15) is 0 Å². The van der Waals surface area contributed by atoms with Gasteiger partial charge in [-0.3, -0.25) is 0 Å². The van der Waals surface area contributed by atoms with Gasteiger partial charge in [-0.1, -0.05) is 52.8 Å². The predicted octanol–water partition coefficient (Wildman–Crippen LogP) is 4.49. The minimum atomic E-state index is 0.222. The van der Waals surface area contributed by atoms with Crippen molar-refractivity contribution in [1.82, 2.24) is 4.98 Å². The van der Waals surface area contributed by atoms with Crippen LogP contribution in [0, 0.1) is 0 Å². The Morgan fingerprint density at radius 3 is 2.20 bits per heavy atom. The molecule has 1 nitrogen and oxygen atoms in total. The Balaban J connectivity index is 0.000000531. The zero-order chi connectivity index (χ0) is 11.5. The topological polar surface area (TPSA) is 15.8 Å². The summed E-state index contributed by atoms with van der Waals surface area (Å²) in [6.45, 7) is 10.7. The largest absolute Gasteiger partial charge is 0.361 e. The predicted molar refractivity (Wildman–Crippen MR) is 68.3 cm³/mol. The molecule has 0 saturated heterocycles. The first-order valence-electron chi connectivity index (χ1n) is 5.65.